The zero-order valence-corrected chi connectivity index (χ0v) is 16.8. The molecule has 0 radical (unpaired) electrons. The van der Waals surface area contributed by atoms with Crippen molar-refractivity contribution in [1.82, 2.24) is 20.2 Å². The van der Waals surface area contributed by atoms with Crippen LogP contribution in [0.5, 0.6) is 11.5 Å². The normalized spacial score (nSPS) is 15.1. The quantitative estimate of drug-likeness (QED) is 0.454. The Balaban J connectivity index is 1.95. The van der Waals surface area contributed by atoms with Gasteiger partial charge < -0.3 is 19.9 Å². The molecule has 0 spiro atoms. The van der Waals surface area contributed by atoms with Crippen molar-refractivity contribution >= 4 is 17.7 Å². The first-order valence-electron chi connectivity index (χ1n) is 9.48. The van der Waals surface area contributed by atoms with Gasteiger partial charge in [-0.1, -0.05) is 41.5 Å². The summed E-state index contributed by atoms with van der Waals surface area (Å²) in [6.07, 6.45) is 0. The lowest BCUT2D eigenvalue weighted by molar-refractivity contribution is -0.136. The number of phenolic OH excluding ortho intramolecular Hbond substituents is 1. The standard InChI is InChI=1S/C21H19N5O5/c1-3-31-15-11-13(9-10-14(15)27)18-16(19(28)12-7-5-4-6-8-12)17(20(29)30-2)22-21-23-24-25-26(18)21/h4-11,18,27H,3H2,1-2H3,(H,22,23,25)/t18-/m0/s1. The Morgan fingerprint density at radius 2 is 1.97 bits per heavy atom. The molecule has 0 amide bonds. The molecule has 158 valence electrons. The molecule has 1 aromatic heterocycles. The maximum Gasteiger partial charge on any atom is 0.355 e. The predicted octanol–water partition coefficient (Wildman–Crippen LogP) is 2.10. The number of nitrogens with one attached hydrogen (secondary N) is 1. The van der Waals surface area contributed by atoms with Crippen molar-refractivity contribution in [2.75, 3.05) is 19.0 Å². The van der Waals surface area contributed by atoms with Crippen molar-refractivity contribution in [3.63, 3.8) is 0 Å². The van der Waals surface area contributed by atoms with E-state index in [1.165, 1.54) is 17.9 Å². The number of ether oxygens (including phenoxy) is 2. The summed E-state index contributed by atoms with van der Waals surface area (Å²) in [5.74, 6) is -0.780. The van der Waals surface area contributed by atoms with Crippen molar-refractivity contribution in [2.24, 2.45) is 0 Å². The van der Waals surface area contributed by atoms with E-state index in [4.69, 9.17) is 9.47 Å². The number of esters is 1. The van der Waals surface area contributed by atoms with Gasteiger partial charge in [0.15, 0.2) is 17.3 Å². The fraction of sp³-hybridized carbons (Fsp3) is 0.190. The number of ketones is 1. The van der Waals surface area contributed by atoms with E-state index in [0.717, 1.165) is 0 Å². The molecule has 0 unspecified atom stereocenters. The van der Waals surface area contributed by atoms with E-state index in [-0.39, 0.29) is 28.7 Å². The van der Waals surface area contributed by atoms with Crippen LogP contribution in [0, 0.1) is 0 Å². The Bertz CT molecular complexity index is 1170. The van der Waals surface area contributed by atoms with Crippen LogP contribution in [0.4, 0.5) is 5.95 Å². The van der Waals surface area contributed by atoms with Gasteiger partial charge in [-0.15, -0.1) is 0 Å². The predicted molar refractivity (Wildman–Crippen MR) is 109 cm³/mol. The number of Topliss-reactive ketones (excluding diaryl/α,β-unsaturated/α-hetero) is 1. The molecule has 3 aromatic rings. The van der Waals surface area contributed by atoms with Gasteiger partial charge in [0.05, 0.1) is 19.3 Å². The number of aromatic nitrogens is 4. The summed E-state index contributed by atoms with van der Waals surface area (Å²) in [5, 5.41) is 24.5. The van der Waals surface area contributed by atoms with E-state index in [9.17, 15) is 14.7 Å². The second-order valence-corrected chi connectivity index (χ2v) is 6.61. The van der Waals surface area contributed by atoms with Crippen LogP contribution in [0.25, 0.3) is 0 Å². The molecule has 2 aromatic carbocycles. The van der Waals surface area contributed by atoms with Gasteiger partial charge in [0.1, 0.15) is 11.7 Å². The monoisotopic (exact) mass is 421 g/mol. The summed E-state index contributed by atoms with van der Waals surface area (Å²) >= 11 is 0. The van der Waals surface area contributed by atoms with Crippen LogP contribution in [0.15, 0.2) is 59.8 Å². The number of hydrogen-bond donors (Lipinski definition) is 2. The van der Waals surface area contributed by atoms with Gasteiger partial charge in [-0.05, 0) is 35.0 Å². The van der Waals surface area contributed by atoms with E-state index in [2.05, 4.69) is 20.8 Å². The summed E-state index contributed by atoms with van der Waals surface area (Å²) < 4.78 is 11.8. The number of tetrazole rings is 1. The molecule has 1 aliphatic heterocycles. The maximum atomic E-state index is 13.6. The number of nitrogens with zero attached hydrogens (tertiary/aromatic N) is 4. The van der Waals surface area contributed by atoms with Crippen LogP contribution < -0.4 is 10.1 Å². The zero-order valence-electron chi connectivity index (χ0n) is 16.8. The molecule has 2 heterocycles. The fourth-order valence-electron chi connectivity index (χ4n) is 3.41. The molecular weight excluding hydrogens is 402 g/mol. The van der Waals surface area contributed by atoms with Gasteiger partial charge in [0.25, 0.3) is 0 Å². The minimum Gasteiger partial charge on any atom is -0.504 e. The van der Waals surface area contributed by atoms with Crippen LogP contribution in [0.1, 0.15) is 28.9 Å². The van der Waals surface area contributed by atoms with Crippen LogP contribution >= 0.6 is 0 Å². The van der Waals surface area contributed by atoms with E-state index in [1.807, 2.05) is 0 Å². The molecule has 0 saturated heterocycles. The minimum absolute atomic E-state index is 0.0513. The van der Waals surface area contributed by atoms with Crippen molar-refractivity contribution in [1.29, 1.82) is 0 Å². The van der Waals surface area contributed by atoms with Crippen LogP contribution in [-0.4, -0.2) is 50.8 Å². The second-order valence-electron chi connectivity index (χ2n) is 6.61. The minimum atomic E-state index is -0.868. The van der Waals surface area contributed by atoms with Gasteiger partial charge in [-0.25, -0.2) is 4.79 Å². The molecule has 0 saturated carbocycles. The molecule has 1 atom stereocenters. The average molecular weight is 421 g/mol. The first-order valence-corrected chi connectivity index (χ1v) is 9.48. The molecule has 0 fully saturated rings. The van der Waals surface area contributed by atoms with E-state index >= 15 is 0 Å². The first-order chi connectivity index (χ1) is 15.0. The number of phenols is 1. The molecule has 1 aliphatic rings. The third-order valence-electron chi connectivity index (χ3n) is 4.79. The zero-order chi connectivity index (χ0) is 22.0. The summed E-state index contributed by atoms with van der Waals surface area (Å²) in [5.41, 5.74) is 0.962. The second kappa shape index (κ2) is 8.27. The van der Waals surface area contributed by atoms with Gasteiger partial charge in [0.2, 0.25) is 5.95 Å². The summed E-state index contributed by atoms with van der Waals surface area (Å²) in [6.45, 7) is 2.12. The number of fused-ring (bicyclic) bond motifs is 1. The topological polar surface area (TPSA) is 128 Å². The van der Waals surface area contributed by atoms with E-state index in [1.54, 1.807) is 49.4 Å². The molecular formula is C21H19N5O5. The number of carbonyl (C=O) groups is 2. The molecule has 31 heavy (non-hydrogen) atoms. The van der Waals surface area contributed by atoms with Crippen LogP contribution in [-0.2, 0) is 9.53 Å². The summed E-state index contributed by atoms with van der Waals surface area (Å²) in [6, 6.07) is 12.3. The molecule has 0 aliphatic carbocycles. The lowest BCUT2D eigenvalue weighted by Gasteiger charge is -2.28. The average Bonchev–Trinajstić information content (AvgIpc) is 3.27. The Labute approximate surface area is 177 Å². The molecule has 10 nitrogen and oxygen atoms in total. The summed E-state index contributed by atoms with van der Waals surface area (Å²) in [7, 11) is 1.22. The number of rotatable bonds is 6. The number of aromatic hydroxyl groups is 1. The Morgan fingerprint density at radius 3 is 2.68 bits per heavy atom. The van der Waals surface area contributed by atoms with Gasteiger partial charge >= 0.3 is 5.97 Å². The number of benzene rings is 2. The van der Waals surface area contributed by atoms with E-state index in [0.29, 0.717) is 17.7 Å². The van der Waals surface area contributed by atoms with Gasteiger partial charge in [-0.3, -0.25) is 4.79 Å². The highest BCUT2D eigenvalue weighted by molar-refractivity contribution is 6.14. The molecule has 2 N–H and O–H groups in total. The Morgan fingerprint density at radius 1 is 1.19 bits per heavy atom. The maximum absolute atomic E-state index is 13.6. The Hall–Kier alpha value is -4.21. The number of methoxy groups -OCH3 is 1. The van der Waals surface area contributed by atoms with E-state index < -0.39 is 17.8 Å². The number of carbonyl (C=O) groups excluding carboxylic acids is 2. The van der Waals surface area contributed by atoms with Crippen molar-refractivity contribution in [2.45, 2.75) is 13.0 Å². The van der Waals surface area contributed by atoms with Gasteiger partial charge in [0, 0.05) is 5.56 Å². The number of allylic oxidation sites excluding steroid dienone is 1. The third-order valence-corrected chi connectivity index (χ3v) is 4.79. The van der Waals surface area contributed by atoms with Gasteiger partial charge in [-0.2, -0.15) is 4.68 Å². The van der Waals surface area contributed by atoms with Crippen LogP contribution in [0.2, 0.25) is 0 Å². The molecule has 4 rings (SSSR count). The SMILES string of the molecule is CCOc1cc([C@H]2C(C(=O)c3ccccc3)=C(C(=O)OC)Nc3nnnn32)ccc1O. The fourth-order valence-corrected chi connectivity index (χ4v) is 3.41. The van der Waals surface area contributed by atoms with Crippen molar-refractivity contribution in [3.8, 4) is 11.5 Å². The number of hydrogen-bond acceptors (Lipinski definition) is 9. The smallest absolute Gasteiger partial charge is 0.355 e. The largest absolute Gasteiger partial charge is 0.504 e. The first kappa shape index (κ1) is 20.1. The lowest BCUT2D eigenvalue weighted by atomic mass is 9.89. The molecule has 0 bridgehead atoms. The van der Waals surface area contributed by atoms with Crippen molar-refractivity contribution in [3.05, 3.63) is 70.9 Å². The number of anilines is 1. The summed E-state index contributed by atoms with van der Waals surface area (Å²) in [4.78, 5) is 26.2. The molecule has 10 heteroatoms. The van der Waals surface area contributed by atoms with Crippen LogP contribution in [0.3, 0.4) is 0 Å². The highest BCUT2D eigenvalue weighted by atomic mass is 16.5. The third kappa shape index (κ3) is 3.59. The lowest BCUT2D eigenvalue weighted by Crippen LogP contribution is -2.33. The highest BCUT2D eigenvalue weighted by Crippen LogP contribution is 2.39. The van der Waals surface area contributed by atoms with Crippen molar-refractivity contribution < 1.29 is 24.2 Å². The highest BCUT2D eigenvalue weighted by Gasteiger charge is 2.38. The Kier molecular flexibility index (Phi) is 5.35.